The van der Waals surface area contributed by atoms with Crippen molar-refractivity contribution in [3.8, 4) is 0 Å². The van der Waals surface area contributed by atoms with Crippen molar-refractivity contribution in [3.63, 3.8) is 0 Å². The van der Waals surface area contributed by atoms with E-state index in [1.807, 2.05) is 19.9 Å². The maximum atomic E-state index is 12.9. The van der Waals surface area contributed by atoms with E-state index in [-0.39, 0.29) is 0 Å². The van der Waals surface area contributed by atoms with Crippen molar-refractivity contribution < 1.29 is 8.42 Å². The molecule has 0 spiro atoms. The molecule has 2 aromatic carbocycles. The summed E-state index contributed by atoms with van der Waals surface area (Å²) in [5.41, 5.74) is 5.77. The number of hydrogen-bond acceptors (Lipinski definition) is 3. The van der Waals surface area contributed by atoms with Gasteiger partial charge in [-0.05, 0) is 74.2 Å². The zero-order valence-corrected chi connectivity index (χ0v) is 16.2. The van der Waals surface area contributed by atoms with Crippen LogP contribution < -0.4 is 4.90 Å². The lowest BCUT2D eigenvalue weighted by Crippen LogP contribution is -2.48. The van der Waals surface area contributed by atoms with Crippen LogP contribution in [0, 0.1) is 27.7 Å². The van der Waals surface area contributed by atoms with E-state index in [1.54, 1.807) is 16.4 Å². The molecule has 0 aromatic heterocycles. The lowest BCUT2D eigenvalue weighted by Gasteiger charge is -2.35. The molecule has 0 saturated carbocycles. The summed E-state index contributed by atoms with van der Waals surface area (Å²) in [6.07, 6.45) is 0. The van der Waals surface area contributed by atoms with Crippen molar-refractivity contribution in [1.29, 1.82) is 0 Å². The van der Waals surface area contributed by atoms with Crippen molar-refractivity contribution in [2.75, 3.05) is 31.1 Å². The van der Waals surface area contributed by atoms with Crippen LogP contribution >= 0.6 is 0 Å². The lowest BCUT2D eigenvalue weighted by atomic mass is 10.1. The van der Waals surface area contributed by atoms with E-state index < -0.39 is 10.0 Å². The Bertz CT molecular complexity index is 862. The highest BCUT2D eigenvalue weighted by Gasteiger charge is 2.28. The third-order valence-corrected chi connectivity index (χ3v) is 6.82. The minimum Gasteiger partial charge on any atom is -0.369 e. The van der Waals surface area contributed by atoms with Gasteiger partial charge in [-0.15, -0.1) is 0 Å². The van der Waals surface area contributed by atoms with Crippen LogP contribution in [0.5, 0.6) is 0 Å². The maximum Gasteiger partial charge on any atom is 0.243 e. The van der Waals surface area contributed by atoms with Crippen LogP contribution in [0.4, 0.5) is 5.69 Å². The van der Waals surface area contributed by atoms with Crippen molar-refractivity contribution in [1.82, 2.24) is 4.31 Å². The summed E-state index contributed by atoms with van der Waals surface area (Å²) in [4.78, 5) is 2.67. The van der Waals surface area contributed by atoms with Gasteiger partial charge in [-0.25, -0.2) is 8.42 Å². The molecule has 0 amide bonds. The summed E-state index contributed by atoms with van der Waals surface area (Å²) in [5.74, 6) is 0. The van der Waals surface area contributed by atoms with Crippen molar-refractivity contribution in [2.45, 2.75) is 32.6 Å². The van der Waals surface area contributed by atoms with Gasteiger partial charge in [-0.2, -0.15) is 4.31 Å². The van der Waals surface area contributed by atoms with Crippen LogP contribution in [-0.4, -0.2) is 38.9 Å². The van der Waals surface area contributed by atoms with Gasteiger partial charge in [-0.3, -0.25) is 0 Å². The molecule has 0 N–H and O–H groups in total. The largest absolute Gasteiger partial charge is 0.369 e. The number of rotatable bonds is 3. The highest BCUT2D eigenvalue weighted by atomic mass is 32.2. The highest BCUT2D eigenvalue weighted by Crippen LogP contribution is 2.24. The minimum atomic E-state index is -3.42. The quantitative estimate of drug-likeness (QED) is 0.844. The van der Waals surface area contributed by atoms with Crippen LogP contribution in [0.3, 0.4) is 0 Å². The van der Waals surface area contributed by atoms with Gasteiger partial charge in [0.2, 0.25) is 10.0 Å². The Labute approximate surface area is 151 Å². The van der Waals surface area contributed by atoms with Crippen LogP contribution in [0.25, 0.3) is 0 Å². The average Bonchev–Trinajstić information content (AvgIpc) is 2.56. The molecule has 25 heavy (non-hydrogen) atoms. The average molecular weight is 359 g/mol. The van der Waals surface area contributed by atoms with Gasteiger partial charge in [0.1, 0.15) is 0 Å². The monoisotopic (exact) mass is 358 g/mol. The van der Waals surface area contributed by atoms with Gasteiger partial charge >= 0.3 is 0 Å². The fourth-order valence-electron chi connectivity index (χ4n) is 3.34. The van der Waals surface area contributed by atoms with Gasteiger partial charge < -0.3 is 4.90 Å². The first kappa shape index (κ1) is 18.0. The Morgan fingerprint density at radius 3 is 1.92 bits per heavy atom. The smallest absolute Gasteiger partial charge is 0.243 e. The summed E-state index contributed by atoms with van der Waals surface area (Å²) in [5, 5.41) is 0. The Morgan fingerprint density at radius 1 is 0.760 bits per heavy atom. The summed E-state index contributed by atoms with van der Waals surface area (Å²) < 4.78 is 27.4. The zero-order valence-electron chi connectivity index (χ0n) is 15.4. The van der Waals surface area contributed by atoms with E-state index >= 15 is 0 Å². The van der Waals surface area contributed by atoms with Gasteiger partial charge in [0.05, 0.1) is 4.90 Å². The van der Waals surface area contributed by atoms with Crippen LogP contribution in [0.2, 0.25) is 0 Å². The summed E-state index contributed by atoms with van der Waals surface area (Å²) in [6.45, 7) is 10.6. The van der Waals surface area contributed by atoms with Crippen molar-refractivity contribution >= 4 is 15.7 Å². The molecule has 3 rings (SSSR count). The molecule has 5 heteroatoms. The predicted octanol–water partition coefficient (Wildman–Crippen LogP) is 3.43. The third-order valence-electron chi connectivity index (χ3n) is 4.93. The SMILES string of the molecule is Cc1cc(C)cc(N2CCN(S(=O)(=O)c3ccc(C)c(C)c3)CC2)c1. The number of nitrogens with zero attached hydrogens (tertiary/aromatic N) is 2. The minimum absolute atomic E-state index is 0.399. The second-order valence-electron chi connectivity index (χ2n) is 6.98. The summed E-state index contributed by atoms with van der Waals surface area (Å²) in [6, 6.07) is 11.9. The molecule has 1 heterocycles. The van der Waals surface area contributed by atoms with Crippen molar-refractivity contribution in [2.24, 2.45) is 0 Å². The molecule has 1 aliphatic rings. The Morgan fingerprint density at radius 2 is 1.36 bits per heavy atom. The summed E-state index contributed by atoms with van der Waals surface area (Å²) in [7, 11) is -3.42. The summed E-state index contributed by atoms with van der Waals surface area (Å²) >= 11 is 0. The third kappa shape index (κ3) is 3.72. The Kier molecular flexibility index (Phi) is 4.89. The molecule has 0 unspecified atom stereocenters. The topological polar surface area (TPSA) is 40.6 Å². The van der Waals surface area contributed by atoms with E-state index in [0.29, 0.717) is 31.1 Å². The molecule has 4 nitrogen and oxygen atoms in total. The van der Waals surface area contributed by atoms with Crippen LogP contribution in [0.1, 0.15) is 22.3 Å². The van der Waals surface area contributed by atoms with Gasteiger partial charge in [0.25, 0.3) is 0 Å². The molecule has 0 aliphatic carbocycles. The molecular formula is C20H26N2O2S. The second-order valence-corrected chi connectivity index (χ2v) is 8.92. The predicted molar refractivity (Wildman–Crippen MR) is 103 cm³/mol. The number of aryl methyl sites for hydroxylation is 4. The first-order valence-electron chi connectivity index (χ1n) is 8.68. The second kappa shape index (κ2) is 6.81. The molecule has 134 valence electrons. The van der Waals surface area contributed by atoms with Gasteiger partial charge in [0.15, 0.2) is 0 Å². The molecule has 1 saturated heterocycles. The number of anilines is 1. The first-order chi connectivity index (χ1) is 11.8. The number of benzene rings is 2. The van der Waals surface area contributed by atoms with E-state index in [4.69, 9.17) is 0 Å². The van der Waals surface area contributed by atoms with E-state index in [1.165, 1.54) is 16.8 Å². The van der Waals surface area contributed by atoms with E-state index in [0.717, 1.165) is 11.1 Å². The maximum absolute atomic E-state index is 12.9. The van der Waals surface area contributed by atoms with E-state index in [2.05, 4.69) is 36.9 Å². The number of sulfonamides is 1. The standard InChI is InChI=1S/C20H26N2O2S/c1-15-11-16(2)13-19(12-15)21-7-9-22(10-8-21)25(23,24)20-6-5-17(3)18(4)14-20/h5-6,11-14H,7-10H2,1-4H3. The van der Waals surface area contributed by atoms with Gasteiger partial charge in [0, 0.05) is 31.9 Å². The first-order valence-corrected chi connectivity index (χ1v) is 10.1. The van der Waals surface area contributed by atoms with Crippen LogP contribution in [0.15, 0.2) is 41.3 Å². The molecule has 2 aromatic rings. The molecule has 0 bridgehead atoms. The normalized spacial score (nSPS) is 16.2. The molecule has 1 fully saturated rings. The van der Waals surface area contributed by atoms with Crippen molar-refractivity contribution in [3.05, 3.63) is 58.7 Å². The Hall–Kier alpha value is -1.85. The molecule has 0 atom stereocenters. The zero-order chi connectivity index (χ0) is 18.2. The van der Waals surface area contributed by atoms with Crippen LogP contribution in [-0.2, 0) is 10.0 Å². The number of hydrogen-bond donors (Lipinski definition) is 0. The molecule has 1 aliphatic heterocycles. The lowest BCUT2D eigenvalue weighted by molar-refractivity contribution is 0.385. The van der Waals surface area contributed by atoms with E-state index in [9.17, 15) is 8.42 Å². The number of piperazine rings is 1. The molecule has 0 radical (unpaired) electrons. The van der Waals surface area contributed by atoms with Gasteiger partial charge in [-0.1, -0.05) is 12.1 Å². The molecular weight excluding hydrogens is 332 g/mol. The fraction of sp³-hybridized carbons (Fsp3) is 0.400. The fourth-order valence-corrected chi connectivity index (χ4v) is 4.85. The highest BCUT2D eigenvalue weighted by molar-refractivity contribution is 7.89. The Balaban J connectivity index is 1.76.